The van der Waals surface area contributed by atoms with Crippen LogP contribution in [0, 0.1) is 6.92 Å². The zero-order valence-corrected chi connectivity index (χ0v) is 10.6. The number of anilines is 1. The van der Waals surface area contributed by atoms with Crippen LogP contribution >= 0.6 is 0 Å². The van der Waals surface area contributed by atoms with Gasteiger partial charge in [0.2, 0.25) is 0 Å². The van der Waals surface area contributed by atoms with Crippen molar-refractivity contribution >= 4 is 5.82 Å². The van der Waals surface area contributed by atoms with Gasteiger partial charge in [0, 0.05) is 17.4 Å². The Labute approximate surface area is 111 Å². The molecule has 2 aromatic heterocycles. The van der Waals surface area contributed by atoms with Crippen molar-refractivity contribution in [1.82, 2.24) is 14.5 Å². The minimum Gasteiger partial charge on any atom is -0.383 e. The molecule has 0 aliphatic rings. The lowest BCUT2D eigenvalue weighted by Gasteiger charge is -2.09. The lowest BCUT2D eigenvalue weighted by atomic mass is 10.2. The second-order valence-electron chi connectivity index (χ2n) is 4.42. The Morgan fingerprint density at radius 1 is 1.11 bits per heavy atom. The molecule has 0 unspecified atom stereocenters. The number of hydrogen-bond acceptors (Lipinski definition) is 3. The van der Waals surface area contributed by atoms with Gasteiger partial charge in [0.1, 0.15) is 5.82 Å². The summed E-state index contributed by atoms with van der Waals surface area (Å²) in [4.78, 5) is 8.34. The third-order valence-corrected chi connectivity index (χ3v) is 3.07. The van der Waals surface area contributed by atoms with E-state index in [0.717, 1.165) is 16.9 Å². The number of aromatic nitrogens is 3. The maximum atomic E-state index is 5.93. The molecule has 2 N–H and O–H groups in total. The van der Waals surface area contributed by atoms with Crippen molar-refractivity contribution in [3.8, 4) is 16.9 Å². The van der Waals surface area contributed by atoms with Crippen molar-refractivity contribution in [2.75, 3.05) is 5.73 Å². The molecule has 0 amide bonds. The fraction of sp³-hybridized carbons (Fsp3) is 0.0667. The lowest BCUT2D eigenvalue weighted by molar-refractivity contribution is 1.06. The van der Waals surface area contributed by atoms with E-state index >= 15 is 0 Å². The Hall–Kier alpha value is -2.62. The van der Waals surface area contributed by atoms with Gasteiger partial charge in [-0.05, 0) is 31.2 Å². The first kappa shape index (κ1) is 11.5. The van der Waals surface area contributed by atoms with E-state index in [4.69, 9.17) is 5.73 Å². The number of nitrogens with zero attached hydrogens (tertiary/aromatic N) is 3. The lowest BCUT2D eigenvalue weighted by Crippen LogP contribution is -1.99. The third kappa shape index (κ3) is 2.08. The SMILES string of the molecule is Cc1ccc(-n2cncc2-c2cccnc2N)cc1. The Bertz CT molecular complexity index is 698. The number of rotatable bonds is 2. The van der Waals surface area contributed by atoms with E-state index in [9.17, 15) is 0 Å². The highest BCUT2D eigenvalue weighted by molar-refractivity contribution is 5.71. The zero-order chi connectivity index (χ0) is 13.2. The van der Waals surface area contributed by atoms with Crippen LogP contribution in [0.4, 0.5) is 5.82 Å². The highest BCUT2D eigenvalue weighted by Gasteiger charge is 2.09. The molecule has 2 heterocycles. The van der Waals surface area contributed by atoms with Gasteiger partial charge in [0.15, 0.2) is 0 Å². The smallest absolute Gasteiger partial charge is 0.132 e. The van der Waals surface area contributed by atoms with Crippen molar-refractivity contribution in [2.45, 2.75) is 6.92 Å². The van der Waals surface area contributed by atoms with Gasteiger partial charge in [-0.1, -0.05) is 17.7 Å². The number of hydrogen-bond donors (Lipinski definition) is 1. The number of nitrogen functional groups attached to an aromatic ring is 1. The zero-order valence-electron chi connectivity index (χ0n) is 10.6. The van der Waals surface area contributed by atoms with Gasteiger partial charge in [-0.15, -0.1) is 0 Å². The van der Waals surface area contributed by atoms with Crippen molar-refractivity contribution < 1.29 is 0 Å². The molecule has 0 atom stereocenters. The van der Waals surface area contributed by atoms with Crippen molar-refractivity contribution in [3.63, 3.8) is 0 Å². The molecule has 0 bridgehead atoms. The first-order valence-electron chi connectivity index (χ1n) is 6.06. The maximum absolute atomic E-state index is 5.93. The molecule has 19 heavy (non-hydrogen) atoms. The van der Waals surface area contributed by atoms with E-state index < -0.39 is 0 Å². The summed E-state index contributed by atoms with van der Waals surface area (Å²) in [6.45, 7) is 2.07. The molecule has 3 rings (SSSR count). The maximum Gasteiger partial charge on any atom is 0.132 e. The number of imidazole rings is 1. The quantitative estimate of drug-likeness (QED) is 0.760. The number of aryl methyl sites for hydroxylation is 1. The van der Waals surface area contributed by atoms with Gasteiger partial charge in [-0.25, -0.2) is 9.97 Å². The molecule has 1 aromatic carbocycles. The molecule has 0 saturated heterocycles. The van der Waals surface area contributed by atoms with Gasteiger partial charge in [-0.3, -0.25) is 4.57 Å². The predicted molar refractivity (Wildman–Crippen MR) is 75.9 cm³/mol. The van der Waals surface area contributed by atoms with E-state index in [1.54, 1.807) is 18.7 Å². The topological polar surface area (TPSA) is 56.7 Å². The summed E-state index contributed by atoms with van der Waals surface area (Å²) in [6, 6.07) is 12.1. The number of pyridine rings is 1. The van der Waals surface area contributed by atoms with Crippen molar-refractivity contribution in [1.29, 1.82) is 0 Å². The van der Waals surface area contributed by atoms with Gasteiger partial charge < -0.3 is 5.73 Å². The average Bonchev–Trinajstić information content (AvgIpc) is 2.89. The van der Waals surface area contributed by atoms with Gasteiger partial charge in [-0.2, -0.15) is 0 Å². The molecule has 4 nitrogen and oxygen atoms in total. The Morgan fingerprint density at radius 2 is 1.89 bits per heavy atom. The summed E-state index contributed by atoms with van der Waals surface area (Å²) in [5.74, 6) is 0.511. The molecule has 0 spiro atoms. The number of benzene rings is 1. The average molecular weight is 250 g/mol. The second-order valence-corrected chi connectivity index (χ2v) is 4.42. The summed E-state index contributed by atoms with van der Waals surface area (Å²) in [7, 11) is 0. The summed E-state index contributed by atoms with van der Waals surface area (Å²) in [5, 5.41) is 0. The standard InChI is InChI=1S/C15H14N4/c1-11-4-6-12(7-5-11)19-10-17-9-14(19)13-3-2-8-18-15(13)16/h2-10H,1H3,(H2,16,18). The fourth-order valence-electron chi connectivity index (χ4n) is 2.04. The molecule has 0 saturated carbocycles. The molecule has 3 aromatic rings. The van der Waals surface area contributed by atoms with E-state index in [2.05, 4.69) is 41.2 Å². The molecular weight excluding hydrogens is 236 g/mol. The molecule has 94 valence electrons. The van der Waals surface area contributed by atoms with Crippen LogP contribution in [-0.4, -0.2) is 14.5 Å². The van der Waals surface area contributed by atoms with E-state index in [0.29, 0.717) is 5.82 Å². The normalized spacial score (nSPS) is 10.6. The minimum absolute atomic E-state index is 0.511. The van der Waals surface area contributed by atoms with Crippen LogP contribution < -0.4 is 5.73 Å². The summed E-state index contributed by atoms with van der Waals surface area (Å²) >= 11 is 0. The van der Waals surface area contributed by atoms with Gasteiger partial charge >= 0.3 is 0 Å². The summed E-state index contributed by atoms with van der Waals surface area (Å²) in [6.07, 6.45) is 5.27. The third-order valence-electron chi connectivity index (χ3n) is 3.07. The van der Waals surface area contributed by atoms with E-state index in [-0.39, 0.29) is 0 Å². The predicted octanol–water partition coefficient (Wildman–Crippen LogP) is 2.82. The van der Waals surface area contributed by atoms with Crippen LogP contribution in [0.3, 0.4) is 0 Å². The van der Waals surface area contributed by atoms with Crippen molar-refractivity contribution in [2.24, 2.45) is 0 Å². The van der Waals surface area contributed by atoms with Crippen LogP contribution in [0.1, 0.15) is 5.56 Å². The van der Waals surface area contributed by atoms with Crippen LogP contribution in [0.25, 0.3) is 16.9 Å². The van der Waals surface area contributed by atoms with Gasteiger partial charge in [0.25, 0.3) is 0 Å². The van der Waals surface area contributed by atoms with Crippen LogP contribution in [-0.2, 0) is 0 Å². The molecular formula is C15H14N4. The Morgan fingerprint density at radius 3 is 2.63 bits per heavy atom. The molecule has 0 fully saturated rings. The Balaban J connectivity index is 2.13. The van der Waals surface area contributed by atoms with Crippen LogP contribution in [0.2, 0.25) is 0 Å². The summed E-state index contributed by atoms with van der Waals surface area (Å²) in [5.41, 5.74) is 10.0. The molecule has 0 aliphatic heterocycles. The van der Waals surface area contributed by atoms with Crippen LogP contribution in [0.15, 0.2) is 55.1 Å². The van der Waals surface area contributed by atoms with E-state index in [1.165, 1.54) is 5.56 Å². The first-order valence-corrected chi connectivity index (χ1v) is 6.06. The molecule has 0 radical (unpaired) electrons. The monoisotopic (exact) mass is 250 g/mol. The van der Waals surface area contributed by atoms with Crippen molar-refractivity contribution in [3.05, 3.63) is 60.7 Å². The second kappa shape index (κ2) is 4.57. The molecule has 4 heteroatoms. The van der Waals surface area contributed by atoms with Gasteiger partial charge in [0.05, 0.1) is 18.2 Å². The van der Waals surface area contributed by atoms with Crippen LogP contribution in [0.5, 0.6) is 0 Å². The Kier molecular flexibility index (Phi) is 2.76. The molecule has 0 aliphatic carbocycles. The van der Waals surface area contributed by atoms with E-state index in [1.807, 2.05) is 16.7 Å². The number of nitrogens with two attached hydrogens (primary N) is 1. The highest BCUT2D eigenvalue weighted by Crippen LogP contribution is 2.26. The highest BCUT2D eigenvalue weighted by atomic mass is 15.1. The minimum atomic E-state index is 0.511. The first-order chi connectivity index (χ1) is 9.25. The fourth-order valence-corrected chi connectivity index (χ4v) is 2.04. The largest absolute Gasteiger partial charge is 0.383 e. The summed E-state index contributed by atoms with van der Waals surface area (Å²) < 4.78 is 2.01.